The van der Waals surface area contributed by atoms with Gasteiger partial charge >= 0.3 is 5.69 Å². The summed E-state index contributed by atoms with van der Waals surface area (Å²) in [7, 11) is 0. The van der Waals surface area contributed by atoms with Crippen LogP contribution in [0.5, 0.6) is 0 Å². The molecule has 4 N–H and O–H groups in total. The van der Waals surface area contributed by atoms with E-state index in [2.05, 4.69) is 20.5 Å². The van der Waals surface area contributed by atoms with E-state index in [0.717, 1.165) is 5.82 Å². The van der Waals surface area contributed by atoms with Crippen LogP contribution in [0.4, 0.5) is 5.82 Å². The van der Waals surface area contributed by atoms with Crippen molar-refractivity contribution in [1.29, 1.82) is 0 Å². The molecule has 0 spiro atoms. The number of rotatable bonds is 4. The quantitative estimate of drug-likeness (QED) is 0.764. The van der Waals surface area contributed by atoms with E-state index in [-0.39, 0.29) is 11.7 Å². The van der Waals surface area contributed by atoms with Crippen molar-refractivity contribution in [1.82, 2.24) is 19.6 Å². The first-order valence-corrected chi connectivity index (χ1v) is 7.17. The molecule has 1 atom stereocenters. The fraction of sp³-hybridized carbons (Fsp3) is 0.615. The fourth-order valence-corrected chi connectivity index (χ4v) is 2.98. The van der Waals surface area contributed by atoms with Crippen LogP contribution >= 0.6 is 0 Å². The van der Waals surface area contributed by atoms with Crippen LogP contribution < -0.4 is 16.7 Å². The summed E-state index contributed by atoms with van der Waals surface area (Å²) < 4.78 is 1.38. The fourth-order valence-electron chi connectivity index (χ4n) is 2.98. The van der Waals surface area contributed by atoms with E-state index < -0.39 is 0 Å². The maximum absolute atomic E-state index is 11.4. The van der Waals surface area contributed by atoms with Crippen molar-refractivity contribution >= 4 is 11.5 Å². The minimum atomic E-state index is -0.276. The van der Waals surface area contributed by atoms with Gasteiger partial charge in [-0.1, -0.05) is 19.3 Å². The lowest BCUT2D eigenvalue weighted by Gasteiger charge is -2.30. The van der Waals surface area contributed by atoms with Gasteiger partial charge in [-0.15, -0.1) is 0 Å². The third-order valence-corrected chi connectivity index (χ3v) is 4.12. The second-order valence-corrected chi connectivity index (χ2v) is 5.42. The highest BCUT2D eigenvalue weighted by molar-refractivity contribution is 5.48. The normalized spacial score (nSPS) is 18.2. The summed E-state index contributed by atoms with van der Waals surface area (Å²) in [6.07, 6.45) is 7.82. The number of aromatic amines is 1. The Bertz CT molecular complexity index is 627. The van der Waals surface area contributed by atoms with Gasteiger partial charge in [-0.2, -0.15) is 5.10 Å². The molecule has 1 aliphatic rings. The molecule has 0 radical (unpaired) electrons. The van der Waals surface area contributed by atoms with Crippen molar-refractivity contribution < 1.29 is 0 Å². The highest BCUT2D eigenvalue weighted by Gasteiger charge is 2.22. The van der Waals surface area contributed by atoms with Crippen molar-refractivity contribution in [3.8, 4) is 0 Å². The third-order valence-electron chi connectivity index (χ3n) is 4.12. The second kappa shape index (κ2) is 5.62. The standard InChI is InChI=1S/C13H20N6O/c14-7-10(9-4-2-1-3-5-9)16-11-6-12-17-18-13(20)19(12)8-15-11/h6,8-10,16H,1-5,7,14H2,(H,18,20). The van der Waals surface area contributed by atoms with E-state index in [1.165, 1.54) is 42.8 Å². The molecule has 1 saturated carbocycles. The van der Waals surface area contributed by atoms with E-state index in [9.17, 15) is 4.79 Å². The van der Waals surface area contributed by atoms with Crippen LogP contribution in [-0.2, 0) is 0 Å². The molecule has 20 heavy (non-hydrogen) atoms. The van der Waals surface area contributed by atoms with Crippen molar-refractivity contribution in [2.24, 2.45) is 11.7 Å². The zero-order valence-corrected chi connectivity index (χ0v) is 11.4. The van der Waals surface area contributed by atoms with E-state index in [1.54, 1.807) is 6.07 Å². The third kappa shape index (κ3) is 2.53. The SMILES string of the molecule is NCC(Nc1cc2n[nH]c(=O)n2cn1)C1CCCCC1. The van der Waals surface area contributed by atoms with Gasteiger partial charge in [0.1, 0.15) is 12.1 Å². The molecule has 1 aliphatic carbocycles. The van der Waals surface area contributed by atoms with E-state index >= 15 is 0 Å². The molecule has 0 aromatic carbocycles. The van der Waals surface area contributed by atoms with Crippen molar-refractivity contribution in [2.45, 2.75) is 38.1 Å². The zero-order valence-electron chi connectivity index (χ0n) is 11.4. The highest BCUT2D eigenvalue weighted by Crippen LogP contribution is 2.27. The van der Waals surface area contributed by atoms with E-state index in [1.807, 2.05) is 0 Å². The lowest BCUT2D eigenvalue weighted by Crippen LogP contribution is -2.37. The predicted molar refractivity (Wildman–Crippen MR) is 76.6 cm³/mol. The number of aromatic nitrogens is 4. The van der Waals surface area contributed by atoms with Crippen LogP contribution in [0.15, 0.2) is 17.2 Å². The number of nitrogens with one attached hydrogen (secondary N) is 2. The maximum Gasteiger partial charge on any atom is 0.348 e. The van der Waals surface area contributed by atoms with Crippen molar-refractivity contribution in [3.05, 3.63) is 22.9 Å². The molecular weight excluding hydrogens is 256 g/mol. The smallest absolute Gasteiger partial charge is 0.348 e. The molecular formula is C13H20N6O. The predicted octanol–water partition coefficient (Wildman–Crippen LogP) is 0.737. The molecule has 1 unspecified atom stereocenters. The van der Waals surface area contributed by atoms with Gasteiger partial charge in [0, 0.05) is 18.7 Å². The summed E-state index contributed by atoms with van der Waals surface area (Å²) in [6.45, 7) is 0.588. The Balaban J connectivity index is 1.77. The molecule has 1 fully saturated rings. The molecule has 7 nitrogen and oxygen atoms in total. The van der Waals surface area contributed by atoms with E-state index in [0.29, 0.717) is 18.1 Å². The lowest BCUT2D eigenvalue weighted by atomic mass is 9.84. The molecule has 0 amide bonds. The van der Waals surface area contributed by atoms with Crippen LogP contribution in [0.2, 0.25) is 0 Å². The molecule has 108 valence electrons. The van der Waals surface area contributed by atoms with Gasteiger partial charge in [0.25, 0.3) is 0 Å². The maximum atomic E-state index is 11.4. The van der Waals surface area contributed by atoms with Gasteiger partial charge in [-0.05, 0) is 18.8 Å². The summed E-state index contributed by atoms with van der Waals surface area (Å²) in [6, 6.07) is 2.00. The van der Waals surface area contributed by atoms with Gasteiger partial charge in [-0.25, -0.2) is 19.3 Å². The Morgan fingerprint density at radius 2 is 2.25 bits per heavy atom. The lowest BCUT2D eigenvalue weighted by molar-refractivity contribution is 0.320. The zero-order chi connectivity index (χ0) is 13.9. The first kappa shape index (κ1) is 13.1. The van der Waals surface area contributed by atoms with Crippen molar-refractivity contribution in [2.75, 3.05) is 11.9 Å². The average molecular weight is 276 g/mol. The summed E-state index contributed by atoms with van der Waals surface area (Å²) in [5.41, 5.74) is 6.19. The van der Waals surface area contributed by atoms with Crippen LogP contribution in [0.3, 0.4) is 0 Å². The largest absolute Gasteiger partial charge is 0.366 e. The number of hydrogen-bond donors (Lipinski definition) is 3. The van der Waals surface area contributed by atoms with Crippen LogP contribution in [0.1, 0.15) is 32.1 Å². The summed E-state index contributed by atoms with van der Waals surface area (Å²) in [5, 5.41) is 9.73. The van der Waals surface area contributed by atoms with Gasteiger partial charge in [0.05, 0.1) is 0 Å². The minimum absolute atomic E-state index is 0.232. The molecule has 3 rings (SSSR count). The Morgan fingerprint density at radius 1 is 1.45 bits per heavy atom. The average Bonchev–Trinajstić information content (AvgIpc) is 2.86. The Hall–Kier alpha value is -1.89. The van der Waals surface area contributed by atoms with Gasteiger partial charge in [-0.3, -0.25) is 0 Å². The van der Waals surface area contributed by atoms with Crippen LogP contribution in [0.25, 0.3) is 5.65 Å². The molecule has 7 heteroatoms. The number of nitrogens with zero attached hydrogens (tertiary/aromatic N) is 3. The first-order chi connectivity index (χ1) is 9.78. The van der Waals surface area contributed by atoms with Gasteiger partial charge < -0.3 is 11.1 Å². The molecule has 2 aromatic heterocycles. The monoisotopic (exact) mass is 276 g/mol. The Kier molecular flexibility index (Phi) is 3.68. The number of fused-ring (bicyclic) bond motifs is 1. The number of hydrogen-bond acceptors (Lipinski definition) is 5. The first-order valence-electron chi connectivity index (χ1n) is 7.17. The number of nitrogens with two attached hydrogens (primary N) is 1. The summed E-state index contributed by atoms with van der Waals surface area (Å²) in [5.74, 6) is 1.32. The topological polar surface area (TPSA) is 101 Å². The Morgan fingerprint density at radius 3 is 3.00 bits per heavy atom. The number of H-pyrrole nitrogens is 1. The van der Waals surface area contributed by atoms with Crippen LogP contribution in [-0.4, -0.2) is 32.2 Å². The summed E-state index contributed by atoms with van der Waals surface area (Å²) >= 11 is 0. The molecule has 0 bridgehead atoms. The van der Waals surface area contributed by atoms with E-state index in [4.69, 9.17) is 5.73 Å². The van der Waals surface area contributed by atoms with Gasteiger partial charge in [0.2, 0.25) is 0 Å². The molecule has 0 aliphatic heterocycles. The van der Waals surface area contributed by atoms with Crippen LogP contribution in [0, 0.1) is 5.92 Å². The highest BCUT2D eigenvalue weighted by atomic mass is 16.1. The molecule has 2 aromatic rings. The minimum Gasteiger partial charge on any atom is -0.366 e. The van der Waals surface area contributed by atoms with Gasteiger partial charge in [0.15, 0.2) is 5.65 Å². The molecule has 0 saturated heterocycles. The Labute approximate surface area is 116 Å². The molecule has 2 heterocycles. The summed E-state index contributed by atoms with van der Waals surface area (Å²) in [4.78, 5) is 15.6. The second-order valence-electron chi connectivity index (χ2n) is 5.42. The number of anilines is 1. The van der Waals surface area contributed by atoms with Crippen molar-refractivity contribution in [3.63, 3.8) is 0 Å².